The Morgan fingerprint density at radius 1 is 1.00 bits per heavy atom. The fourth-order valence-corrected chi connectivity index (χ4v) is 7.51. The van der Waals surface area contributed by atoms with E-state index in [2.05, 4.69) is 70.9 Å². The van der Waals surface area contributed by atoms with Gasteiger partial charge in [-0.25, -0.2) is 4.79 Å². The van der Waals surface area contributed by atoms with E-state index in [1.54, 1.807) is 4.90 Å². The number of piperidine rings is 1. The summed E-state index contributed by atoms with van der Waals surface area (Å²) in [5, 5.41) is 4.03. The predicted octanol–water partition coefficient (Wildman–Crippen LogP) is 6.16. The molecule has 6 nitrogen and oxygen atoms in total. The SMILES string of the molecule is COC(=O)C1(N(C=O)CCCN2CCC(c3ccccc3)(c3ccccc3)CC2)C(C)NC(C)=CC1c1ccc(Cl)cc1. The van der Waals surface area contributed by atoms with Crippen molar-refractivity contribution in [3.8, 4) is 0 Å². The van der Waals surface area contributed by atoms with Gasteiger partial charge >= 0.3 is 5.97 Å². The molecule has 3 unspecified atom stereocenters. The second-order valence-corrected chi connectivity index (χ2v) is 12.3. The Balaban J connectivity index is 1.33. The second kappa shape index (κ2) is 13.4. The van der Waals surface area contributed by atoms with Gasteiger partial charge in [0.15, 0.2) is 5.54 Å². The first-order valence-electron chi connectivity index (χ1n) is 15.2. The molecule has 5 rings (SSSR count). The summed E-state index contributed by atoms with van der Waals surface area (Å²) in [6.45, 7) is 7.11. The molecular formula is C36H42ClN3O3. The summed E-state index contributed by atoms with van der Waals surface area (Å²) in [6, 6.07) is 28.8. The van der Waals surface area contributed by atoms with Gasteiger partial charge in [0.05, 0.1) is 13.2 Å². The van der Waals surface area contributed by atoms with E-state index in [1.807, 2.05) is 44.2 Å². The fraction of sp³-hybridized carbons (Fsp3) is 0.389. The number of hydrogen-bond donors (Lipinski definition) is 1. The summed E-state index contributed by atoms with van der Waals surface area (Å²) in [5.41, 5.74) is 3.32. The molecule has 3 atom stereocenters. The maximum Gasteiger partial charge on any atom is 0.334 e. The lowest BCUT2D eigenvalue weighted by Gasteiger charge is -2.50. The van der Waals surface area contributed by atoms with Crippen LogP contribution in [0, 0.1) is 0 Å². The molecule has 1 saturated heterocycles. The van der Waals surface area contributed by atoms with Crippen molar-refractivity contribution >= 4 is 24.0 Å². The van der Waals surface area contributed by atoms with Gasteiger partial charge in [0.2, 0.25) is 6.41 Å². The molecule has 0 radical (unpaired) electrons. The number of rotatable bonds is 10. The summed E-state index contributed by atoms with van der Waals surface area (Å²) in [5.74, 6) is -0.831. The average Bonchev–Trinajstić information content (AvgIpc) is 3.04. The van der Waals surface area contributed by atoms with Crippen LogP contribution < -0.4 is 5.32 Å². The summed E-state index contributed by atoms with van der Waals surface area (Å²) >= 11 is 6.20. The Labute approximate surface area is 260 Å². The number of hydrogen-bond acceptors (Lipinski definition) is 5. The third-order valence-corrected chi connectivity index (χ3v) is 9.83. The van der Waals surface area contributed by atoms with E-state index < -0.39 is 17.4 Å². The fourth-order valence-electron chi connectivity index (χ4n) is 7.38. The number of nitrogens with zero attached hydrogens (tertiary/aromatic N) is 2. The van der Waals surface area contributed by atoms with E-state index in [1.165, 1.54) is 18.2 Å². The van der Waals surface area contributed by atoms with Crippen LogP contribution in [-0.2, 0) is 19.7 Å². The zero-order valence-electron chi connectivity index (χ0n) is 25.3. The van der Waals surface area contributed by atoms with Gasteiger partial charge in [-0.15, -0.1) is 0 Å². The number of halogens is 1. The molecule has 0 bridgehead atoms. The highest BCUT2D eigenvalue weighted by Gasteiger charge is 2.57. The number of benzene rings is 3. The molecule has 2 aliphatic rings. The van der Waals surface area contributed by atoms with Crippen LogP contribution in [-0.4, -0.2) is 67.0 Å². The molecule has 226 valence electrons. The summed E-state index contributed by atoms with van der Waals surface area (Å²) in [6.07, 6.45) is 5.62. The number of likely N-dealkylation sites (tertiary alicyclic amines) is 1. The van der Waals surface area contributed by atoms with Crippen molar-refractivity contribution in [1.82, 2.24) is 15.1 Å². The predicted molar refractivity (Wildman–Crippen MR) is 172 cm³/mol. The molecule has 2 heterocycles. The highest BCUT2D eigenvalue weighted by molar-refractivity contribution is 6.30. The monoisotopic (exact) mass is 599 g/mol. The summed E-state index contributed by atoms with van der Waals surface area (Å²) in [7, 11) is 1.39. The van der Waals surface area contributed by atoms with Crippen LogP contribution in [0.15, 0.2) is 96.7 Å². The quantitative estimate of drug-likeness (QED) is 0.223. The van der Waals surface area contributed by atoms with Crippen molar-refractivity contribution < 1.29 is 14.3 Å². The molecule has 0 spiro atoms. The van der Waals surface area contributed by atoms with Gasteiger partial charge < -0.3 is 19.9 Å². The Morgan fingerprint density at radius 3 is 2.12 bits per heavy atom. The molecule has 2 aliphatic heterocycles. The summed E-state index contributed by atoms with van der Waals surface area (Å²) in [4.78, 5) is 30.7. The van der Waals surface area contributed by atoms with E-state index in [-0.39, 0.29) is 11.5 Å². The highest BCUT2D eigenvalue weighted by Crippen LogP contribution is 2.43. The van der Waals surface area contributed by atoms with Crippen LogP contribution in [0.2, 0.25) is 5.02 Å². The number of allylic oxidation sites excluding steroid dienone is 1. The Hall–Kier alpha value is -3.61. The van der Waals surface area contributed by atoms with Crippen molar-refractivity contribution in [1.29, 1.82) is 0 Å². The van der Waals surface area contributed by atoms with Crippen molar-refractivity contribution in [2.45, 2.75) is 56.0 Å². The molecule has 0 saturated carbocycles. The lowest BCUT2D eigenvalue weighted by Crippen LogP contribution is -2.69. The molecule has 3 aromatic carbocycles. The molecule has 0 aliphatic carbocycles. The van der Waals surface area contributed by atoms with Crippen LogP contribution in [0.1, 0.15) is 55.7 Å². The second-order valence-electron chi connectivity index (χ2n) is 11.9. The minimum absolute atomic E-state index is 0.0119. The molecule has 0 aromatic heterocycles. The Morgan fingerprint density at radius 2 is 1.58 bits per heavy atom. The van der Waals surface area contributed by atoms with E-state index in [4.69, 9.17) is 16.3 Å². The van der Waals surface area contributed by atoms with Gasteiger partial charge in [-0.3, -0.25) is 4.79 Å². The van der Waals surface area contributed by atoms with Crippen molar-refractivity contribution in [3.63, 3.8) is 0 Å². The summed E-state index contributed by atoms with van der Waals surface area (Å²) < 4.78 is 5.42. The minimum Gasteiger partial charge on any atom is -0.467 e. The zero-order valence-corrected chi connectivity index (χ0v) is 26.1. The van der Waals surface area contributed by atoms with Crippen LogP contribution >= 0.6 is 11.6 Å². The Bertz CT molecular complexity index is 1360. The van der Waals surface area contributed by atoms with Gasteiger partial charge in [0, 0.05) is 28.6 Å². The van der Waals surface area contributed by atoms with Gasteiger partial charge in [-0.05, 0) is 81.6 Å². The lowest BCUT2D eigenvalue weighted by molar-refractivity contribution is -0.162. The van der Waals surface area contributed by atoms with Crippen LogP contribution in [0.5, 0.6) is 0 Å². The van der Waals surface area contributed by atoms with Crippen molar-refractivity contribution in [2.24, 2.45) is 0 Å². The number of ether oxygens (including phenoxy) is 1. The van der Waals surface area contributed by atoms with Gasteiger partial charge in [0.1, 0.15) is 0 Å². The zero-order chi connectivity index (χ0) is 30.5. The molecular weight excluding hydrogens is 558 g/mol. The number of esters is 1. The van der Waals surface area contributed by atoms with E-state index in [0.29, 0.717) is 11.6 Å². The van der Waals surface area contributed by atoms with Gasteiger partial charge in [-0.1, -0.05) is 90.5 Å². The van der Waals surface area contributed by atoms with Gasteiger partial charge in [-0.2, -0.15) is 0 Å². The third kappa shape index (κ3) is 5.96. The molecule has 3 aromatic rings. The van der Waals surface area contributed by atoms with Crippen molar-refractivity contribution in [3.05, 3.63) is 118 Å². The standard InChI is InChI=1S/C36H42ClN3O3/c1-27-25-33(29-15-17-32(37)18-16-29)36(28(2)38-27,34(42)43-3)40(26-41)22-10-21-39-23-19-35(20-24-39,30-11-6-4-7-12-30)31-13-8-5-9-14-31/h4-9,11-18,25-26,28,33,38H,10,19-24H2,1-3H3. The maximum atomic E-state index is 13.7. The number of methoxy groups -OCH3 is 1. The number of carbonyl (C=O) groups excluding carboxylic acids is 2. The number of nitrogens with one attached hydrogen (secondary N) is 1. The van der Waals surface area contributed by atoms with Crippen LogP contribution in [0.3, 0.4) is 0 Å². The topological polar surface area (TPSA) is 61.9 Å². The molecule has 1 fully saturated rings. The largest absolute Gasteiger partial charge is 0.467 e. The van der Waals surface area contributed by atoms with E-state index in [0.717, 1.165) is 56.6 Å². The first-order chi connectivity index (χ1) is 20.8. The van der Waals surface area contributed by atoms with Crippen LogP contribution in [0.4, 0.5) is 0 Å². The molecule has 43 heavy (non-hydrogen) atoms. The van der Waals surface area contributed by atoms with Crippen LogP contribution in [0.25, 0.3) is 0 Å². The third-order valence-electron chi connectivity index (χ3n) is 9.57. The van der Waals surface area contributed by atoms with E-state index >= 15 is 0 Å². The highest BCUT2D eigenvalue weighted by atomic mass is 35.5. The van der Waals surface area contributed by atoms with Crippen molar-refractivity contribution in [2.75, 3.05) is 33.3 Å². The first kappa shape index (κ1) is 30.8. The van der Waals surface area contributed by atoms with Gasteiger partial charge in [0.25, 0.3) is 0 Å². The average molecular weight is 600 g/mol. The van der Waals surface area contributed by atoms with E-state index in [9.17, 15) is 9.59 Å². The molecule has 1 amide bonds. The smallest absolute Gasteiger partial charge is 0.334 e. The number of carbonyl (C=O) groups is 2. The minimum atomic E-state index is -1.25. The molecule has 7 heteroatoms. The lowest BCUT2D eigenvalue weighted by atomic mass is 9.68. The Kier molecular flexibility index (Phi) is 9.58. The first-order valence-corrected chi connectivity index (χ1v) is 15.6. The number of amides is 1. The maximum absolute atomic E-state index is 13.7. The molecule has 1 N–H and O–H groups in total. The normalized spacial score (nSPS) is 23.5.